The number of halogens is 2. The van der Waals surface area contributed by atoms with Gasteiger partial charge in [-0.25, -0.2) is 4.98 Å². The Labute approximate surface area is 162 Å². The summed E-state index contributed by atoms with van der Waals surface area (Å²) in [6.07, 6.45) is 4.55. The fraction of sp³-hybridized carbons (Fsp3) is 0.312. The first-order valence-electron chi connectivity index (χ1n) is 7.36. The molecule has 0 aromatic carbocycles. The molecule has 0 fully saturated rings. The lowest BCUT2D eigenvalue weighted by Gasteiger charge is -2.08. The molecule has 3 aromatic rings. The van der Waals surface area contributed by atoms with Crippen LogP contribution in [-0.4, -0.2) is 23.0 Å². The molecule has 0 aliphatic rings. The first-order valence-corrected chi connectivity index (χ1v) is 10.7. The van der Waals surface area contributed by atoms with Gasteiger partial charge in [-0.3, -0.25) is 0 Å². The standard InChI is InChI=1S/C16H17BrClN3OS2/c1-23-8-9(19)5-12-14(17)15-16(24-12)11(6-13(18)21-15)20-7-10-3-2-4-22-10/h2-4,6,9H,5,7-8,19H2,1H3,(H,20,21)/t9-/m1/s1. The van der Waals surface area contributed by atoms with Crippen molar-refractivity contribution in [2.24, 2.45) is 5.73 Å². The van der Waals surface area contributed by atoms with Crippen molar-refractivity contribution in [3.05, 3.63) is 44.7 Å². The third kappa shape index (κ3) is 4.08. The lowest BCUT2D eigenvalue weighted by atomic mass is 10.2. The highest BCUT2D eigenvalue weighted by Gasteiger charge is 2.17. The van der Waals surface area contributed by atoms with E-state index in [0.29, 0.717) is 11.7 Å². The molecule has 128 valence electrons. The molecular weight excluding hydrogens is 430 g/mol. The number of hydrogen-bond acceptors (Lipinski definition) is 6. The monoisotopic (exact) mass is 445 g/mol. The van der Waals surface area contributed by atoms with Crippen molar-refractivity contribution in [2.45, 2.75) is 19.0 Å². The van der Waals surface area contributed by atoms with Gasteiger partial charge in [0.25, 0.3) is 0 Å². The van der Waals surface area contributed by atoms with E-state index in [1.807, 2.05) is 18.2 Å². The van der Waals surface area contributed by atoms with Crippen molar-refractivity contribution >= 4 is 66.5 Å². The minimum absolute atomic E-state index is 0.124. The zero-order valence-corrected chi connectivity index (χ0v) is 17.0. The second kappa shape index (κ2) is 8.10. The molecule has 3 rings (SSSR count). The number of rotatable bonds is 7. The molecule has 3 heterocycles. The Morgan fingerprint density at radius 2 is 2.38 bits per heavy atom. The number of aromatic nitrogens is 1. The minimum Gasteiger partial charge on any atom is -0.467 e. The van der Waals surface area contributed by atoms with E-state index in [0.717, 1.165) is 38.3 Å². The smallest absolute Gasteiger partial charge is 0.131 e. The molecule has 4 nitrogen and oxygen atoms in total. The second-order valence-corrected chi connectivity index (χ2v) is 8.56. The third-order valence-electron chi connectivity index (χ3n) is 3.48. The second-order valence-electron chi connectivity index (χ2n) is 5.36. The molecule has 0 aliphatic carbocycles. The number of hydrogen-bond donors (Lipinski definition) is 2. The largest absolute Gasteiger partial charge is 0.467 e. The van der Waals surface area contributed by atoms with E-state index in [9.17, 15) is 0 Å². The van der Waals surface area contributed by atoms with E-state index in [1.165, 1.54) is 4.88 Å². The Kier molecular flexibility index (Phi) is 6.10. The fourth-order valence-corrected chi connectivity index (χ4v) is 5.20. The predicted molar refractivity (Wildman–Crippen MR) is 108 cm³/mol. The van der Waals surface area contributed by atoms with Crippen LogP contribution in [0.1, 0.15) is 10.6 Å². The number of nitrogens with one attached hydrogen (secondary N) is 1. The van der Waals surface area contributed by atoms with Gasteiger partial charge >= 0.3 is 0 Å². The Morgan fingerprint density at radius 1 is 1.54 bits per heavy atom. The number of nitrogens with two attached hydrogens (primary N) is 1. The predicted octanol–water partition coefficient (Wildman–Crippen LogP) is 5.15. The van der Waals surface area contributed by atoms with E-state index in [4.69, 9.17) is 21.8 Å². The van der Waals surface area contributed by atoms with Crippen LogP contribution in [-0.2, 0) is 13.0 Å². The van der Waals surface area contributed by atoms with E-state index in [2.05, 4.69) is 32.5 Å². The van der Waals surface area contributed by atoms with Crippen molar-refractivity contribution in [3.63, 3.8) is 0 Å². The molecule has 0 bridgehead atoms. The number of nitrogens with zero attached hydrogens (tertiary/aromatic N) is 1. The molecule has 0 amide bonds. The minimum atomic E-state index is 0.124. The number of furan rings is 1. The van der Waals surface area contributed by atoms with Gasteiger partial charge in [0.15, 0.2) is 0 Å². The van der Waals surface area contributed by atoms with Crippen molar-refractivity contribution in [1.29, 1.82) is 0 Å². The van der Waals surface area contributed by atoms with E-state index in [1.54, 1.807) is 29.4 Å². The van der Waals surface area contributed by atoms with Crippen LogP contribution in [0.15, 0.2) is 33.4 Å². The molecule has 0 spiro atoms. The molecule has 0 radical (unpaired) electrons. The Morgan fingerprint density at radius 3 is 3.08 bits per heavy atom. The highest BCUT2D eigenvalue weighted by Crippen LogP contribution is 2.40. The van der Waals surface area contributed by atoms with Gasteiger partial charge in [-0.15, -0.1) is 11.3 Å². The topological polar surface area (TPSA) is 64.1 Å². The highest BCUT2D eigenvalue weighted by atomic mass is 79.9. The summed E-state index contributed by atoms with van der Waals surface area (Å²) in [7, 11) is 0. The van der Waals surface area contributed by atoms with Crippen molar-refractivity contribution in [3.8, 4) is 0 Å². The average Bonchev–Trinajstić information content (AvgIpc) is 3.15. The van der Waals surface area contributed by atoms with Crippen LogP contribution in [0.3, 0.4) is 0 Å². The average molecular weight is 447 g/mol. The van der Waals surface area contributed by atoms with Crippen LogP contribution >= 0.6 is 50.6 Å². The first-order chi connectivity index (χ1) is 11.6. The Hall–Kier alpha value is -0.730. The molecule has 3 N–H and O–H groups in total. The van der Waals surface area contributed by atoms with Crippen LogP contribution in [0.5, 0.6) is 0 Å². The summed E-state index contributed by atoms with van der Waals surface area (Å²) < 4.78 is 7.43. The summed E-state index contributed by atoms with van der Waals surface area (Å²) in [6.45, 7) is 0.597. The maximum Gasteiger partial charge on any atom is 0.131 e. The lowest BCUT2D eigenvalue weighted by Crippen LogP contribution is -2.25. The van der Waals surface area contributed by atoms with Gasteiger partial charge in [0, 0.05) is 22.7 Å². The zero-order valence-electron chi connectivity index (χ0n) is 13.0. The normalized spacial score (nSPS) is 12.7. The van der Waals surface area contributed by atoms with Crippen molar-refractivity contribution in [2.75, 3.05) is 17.3 Å². The zero-order chi connectivity index (χ0) is 17.1. The highest BCUT2D eigenvalue weighted by molar-refractivity contribution is 9.10. The number of thiophene rings is 1. The van der Waals surface area contributed by atoms with Crippen molar-refractivity contribution < 1.29 is 4.42 Å². The molecule has 0 saturated heterocycles. The van der Waals surface area contributed by atoms with Crippen LogP contribution < -0.4 is 11.1 Å². The van der Waals surface area contributed by atoms with Crippen LogP contribution in [0.25, 0.3) is 10.2 Å². The molecule has 1 atom stereocenters. The van der Waals surface area contributed by atoms with Gasteiger partial charge < -0.3 is 15.5 Å². The number of thioether (sulfide) groups is 1. The quantitative estimate of drug-likeness (QED) is 0.491. The van der Waals surface area contributed by atoms with E-state index in [-0.39, 0.29) is 6.04 Å². The summed E-state index contributed by atoms with van der Waals surface area (Å²) in [5, 5.41) is 3.85. The number of anilines is 1. The maximum absolute atomic E-state index is 6.20. The van der Waals surface area contributed by atoms with Gasteiger partial charge in [0.05, 0.1) is 33.2 Å². The van der Waals surface area contributed by atoms with E-state index < -0.39 is 0 Å². The van der Waals surface area contributed by atoms with Gasteiger partial charge in [0.2, 0.25) is 0 Å². The molecule has 0 aliphatic heterocycles. The summed E-state index contributed by atoms with van der Waals surface area (Å²) in [5.41, 5.74) is 8.02. The SMILES string of the molecule is CSC[C@H](N)Cc1sc2c(NCc3ccco3)cc(Cl)nc2c1Br. The van der Waals surface area contributed by atoms with E-state index >= 15 is 0 Å². The summed E-state index contributed by atoms with van der Waals surface area (Å²) in [4.78, 5) is 5.67. The van der Waals surface area contributed by atoms with Crippen LogP contribution in [0.4, 0.5) is 5.69 Å². The van der Waals surface area contributed by atoms with Crippen molar-refractivity contribution in [1.82, 2.24) is 4.98 Å². The molecule has 0 unspecified atom stereocenters. The van der Waals surface area contributed by atoms with Gasteiger partial charge in [-0.2, -0.15) is 11.8 Å². The molecule has 3 aromatic heterocycles. The third-order valence-corrected chi connectivity index (χ3v) is 6.79. The Bertz CT molecular complexity index is 822. The van der Waals surface area contributed by atoms with Gasteiger partial charge in [-0.1, -0.05) is 11.6 Å². The van der Waals surface area contributed by atoms with Gasteiger partial charge in [0.1, 0.15) is 10.9 Å². The number of pyridine rings is 1. The fourth-order valence-electron chi connectivity index (χ4n) is 2.42. The van der Waals surface area contributed by atoms with Crippen LogP contribution in [0.2, 0.25) is 5.15 Å². The summed E-state index contributed by atoms with van der Waals surface area (Å²) in [6, 6.07) is 5.78. The molecule has 8 heteroatoms. The molecule has 0 saturated carbocycles. The molecule has 24 heavy (non-hydrogen) atoms. The summed E-state index contributed by atoms with van der Waals surface area (Å²) in [5.74, 6) is 1.80. The molecular formula is C16H17BrClN3OS2. The Balaban J connectivity index is 1.91. The first kappa shape index (κ1) is 18.1. The number of fused-ring (bicyclic) bond motifs is 1. The lowest BCUT2D eigenvalue weighted by molar-refractivity contribution is 0.518. The van der Waals surface area contributed by atoms with Crippen LogP contribution in [0, 0.1) is 0 Å². The van der Waals surface area contributed by atoms with Gasteiger partial charge in [-0.05, 0) is 40.7 Å². The summed E-state index contributed by atoms with van der Waals surface area (Å²) >= 11 is 13.3. The maximum atomic E-state index is 6.20.